The van der Waals surface area contributed by atoms with E-state index in [0.717, 1.165) is 11.1 Å². The van der Waals surface area contributed by atoms with E-state index in [0.29, 0.717) is 51.0 Å². The van der Waals surface area contributed by atoms with Gasteiger partial charge in [0, 0.05) is 16.3 Å². The third-order valence-corrected chi connectivity index (χ3v) is 9.74. The van der Waals surface area contributed by atoms with Crippen LogP contribution in [0.5, 0.6) is 11.5 Å². The molecule has 1 amide bonds. The smallest absolute Gasteiger partial charge is 0.301 e. The summed E-state index contributed by atoms with van der Waals surface area (Å²) in [6.45, 7) is 7.13. The van der Waals surface area contributed by atoms with Crippen molar-refractivity contribution in [2.75, 3.05) is 18.1 Å². The highest BCUT2D eigenvalue weighted by Crippen LogP contribution is 2.45. The molecule has 1 atom stereocenters. The Balaban J connectivity index is 1.41. The molecule has 3 aromatic carbocycles. The maximum absolute atomic E-state index is 13.6. The number of thioether (sulfide) groups is 1. The van der Waals surface area contributed by atoms with E-state index < -0.39 is 17.7 Å². The zero-order valence-electron chi connectivity index (χ0n) is 23.7. The van der Waals surface area contributed by atoms with E-state index in [-0.39, 0.29) is 21.9 Å². The Morgan fingerprint density at radius 2 is 1.74 bits per heavy atom. The number of ether oxygens (including phenoxy) is 2. The highest BCUT2D eigenvalue weighted by atomic mass is 35.5. The van der Waals surface area contributed by atoms with Gasteiger partial charge in [-0.3, -0.25) is 14.5 Å². The van der Waals surface area contributed by atoms with E-state index in [9.17, 15) is 14.7 Å². The van der Waals surface area contributed by atoms with Crippen LogP contribution in [0.25, 0.3) is 5.76 Å². The fourth-order valence-electron chi connectivity index (χ4n) is 4.97. The Labute approximate surface area is 262 Å². The standard InChI is InChI=1S/C32H28ClN3O5S2/c1-32(2,3)21-11-8-18(9-12-21)26-25(27(37)19-10-13-23-24(16-19)41-15-14-40-23)28(38)29(39)36(26)30-34-35-31(43-30)42-17-20-6-4-5-7-22(20)33/h4-13,16,26,37H,14-15,17H2,1-3H3/b27-25+. The van der Waals surface area contributed by atoms with Gasteiger partial charge >= 0.3 is 5.91 Å². The van der Waals surface area contributed by atoms with Crippen molar-refractivity contribution in [2.24, 2.45) is 0 Å². The molecule has 220 valence electrons. The fourth-order valence-corrected chi connectivity index (χ4v) is 7.12. The van der Waals surface area contributed by atoms with E-state index in [1.54, 1.807) is 18.2 Å². The molecule has 0 bridgehead atoms. The Morgan fingerprint density at radius 1 is 1.02 bits per heavy atom. The van der Waals surface area contributed by atoms with Gasteiger partial charge in [-0.25, -0.2) is 0 Å². The summed E-state index contributed by atoms with van der Waals surface area (Å²) in [5.41, 5.74) is 2.90. The SMILES string of the molecule is CC(C)(C)c1ccc(C2/C(=C(\O)c3ccc4c(c3)OCCO4)C(=O)C(=O)N2c2nnc(SCc3ccccc3Cl)s2)cc1. The molecule has 1 N–H and O–H groups in total. The number of aromatic nitrogens is 2. The number of hydrogen-bond donors (Lipinski definition) is 1. The molecule has 6 rings (SSSR count). The van der Waals surface area contributed by atoms with Crippen molar-refractivity contribution in [1.82, 2.24) is 10.2 Å². The predicted molar refractivity (Wildman–Crippen MR) is 168 cm³/mol. The molecule has 1 fully saturated rings. The number of halogens is 1. The van der Waals surface area contributed by atoms with Crippen LogP contribution in [0.3, 0.4) is 0 Å². The first-order chi connectivity index (χ1) is 20.6. The normalized spacial score (nSPS) is 17.9. The van der Waals surface area contributed by atoms with Gasteiger partial charge in [0.2, 0.25) is 5.13 Å². The molecule has 4 aromatic rings. The third kappa shape index (κ3) is 5.74. The quantitative estimate of drug-likeness (QED) is 0.0783. The van der Waals surface area contributed by atoms with Crippen molar-refractivity contribution in [3.63, 3.8) is 0 Å². The second kappa shape index (κ2) is 11.7. The van der Waals surface area contributed by atoms with Crippen molar-refractivity contribution in [1.29, 1.82) is 0 Å². The molecular formula is C32H28ClN3O5S2. The molecule has 0 saturated carbocycles. The number of aliphatic hydroxyl groups is 1. The number of rotatable bonds is 6. The summed E-state index contributed by atoms with van der Waals surface area (Å²) in [5, 5.41) is 21.1. The summed E-state index contributed by atoms with van der Waals surface area (Å²) in [6.07, 6.45) is 0. The number of nitrogens with zero attached hydrogens (tertiary/aromatic N) is 3. The molecule has 8 nitrogen and oxygen atoms in total. The minimum atomic E-state index is -0.920. The van der Waals surface area contributed by atoms with E-state index in [1.807, 2.05) is 48.5 Å². The first-order valence-corrected chi connectivity index (χ1v) is 15.8. The topological polar surface area (TPSA) is 102 Å². The lowest BCUT2D eigenvalue weighted by molar-refractivity contribution is -0.132. The van der Waals surface area contributed by atoms with Gasteiger partial charge in [0.05, 0.1) is 11.6 Å². The lowest BCUT2D eigenvalue weighted by Crippen LogP contribution is -2.29. The molecule has 1 saturated heterocycles. The van der Waals surface area contributed by atoms with Crippen LogP contribution >= 0.6 is 34.7 Å². The molecule has 2 aliphatic rings. The highest BCUT2D eigenvalue weighted by Gasteiger charge is 2.48. The Morgan fingerprint density at radius 3 is 2.47 bits per heavy atom. The van der Waals surface area contributed by atoms with Gasteiger partial charge in [-0.1, -0.05) is 97.9 Å². The average Bonchev–Trinajstić information content (AvgIpc) is 3.57. The molecule has 2 aliphatic heterocycles. The molecule has 1 aromatic heterocycles. The lowest BCUT2D eigenvalue weighted by atomic mass is 9.85. The Kier molecular flexibility index (Phi) is 7.93. The number of ketones is 1. The average molecular weight is 634 g/mol. The molecule has 0 spiro atoms. The van der Waals surface area contributed by atoms with Crippen molar-refractivity contribution in [3.8, 4) is 11.5 Å². The van der Waals surface area contributed by atoms with Crippen molar-refractivity contribution in [2.45, 2.75) is 42.3 Å². The second-order valence-electron chi connectivity index (χ2n) is 11.1. The summed E-state index contributed by atoms with van der Waals surface area (Å²) in [7, 11) is 0. The van der Waals surface area contributed by atoms with Crippen LogP contribution in [0.2, 0.25) is 5.02 Å². The number of benzene rings is 3. The summed E-state index contributed by atoms with van der Waals surface area (Å²) in [4.78, 5) is 28.6. The largest absolute Gasteiger partial charge is 0.507 e. The minimum Gasteiger partial charge on any atom is -0.507 e. The van der Waals surface area contributed by atoms with Crippen LogP contribution in [-0.4, -0.2) is 40.2 Å². The first-order valence-electron chi connectivity index (χ1n) is 13.6. The molecule has 43 heavy (non-hydrogen) atoms. The summed E-state index contributed by atoms with van der Waals surface area (Å²) in [6, 6.07) is 19.3. The monoisotopic (exact) mass is 633 g/mol. The number of carbonyl (C=O) groups is 2. The van der Waals surface area contributed by atoms with Gasteiger partial charge in [0.1, 0.15) is 19.0 Å². The van der Waals surface area contributed by atoms with Gasteiger partial charge < -0.3 is 14.6 Å². The van der Waals surface area contributed by atoms with Gasteiger partial charge in [-0.2, -0.15) is 0 Å². The summed E-state index contributed by atoms with van der Waals surface area (Å²) in [5.74, 6) is -0.330. The summed E-state index contributed by atoms with van der Waals surface area (Å²) >= 11 is 8.96. The van der Waals surface area contributed by atoms with Gasteiger partial charge in [0.25, 0.3) is 5.78 Å². The van der Waals surface area contributed by atoms with Crippen LogP contribution < -0.4 is 14.4 Å². The van der Waals surface area contributed by atoms with Crippen LogP contribution in [0.1, 0.15) is 49.1 Å². The molecule has 3 heterocycles. The van der Waals surface area contributed by atoms with Crippen molar-refractivity contribution < 1.29 is 24.2 Å². The number of carbonyl (C=O) groups excluding carboxylic acids is 2. The first kappa shape index (κ1) is 29.2. The van der Waals surface area contributed by atoms with E-state index >= 15 is 0 Å². The third-order valence-electron chi connectivity index (χ3n) is 7.26. The lowest BCUT2D eigenvalue weighted by Gasteiger charge is -2.24. The number of Topliss-reactive ketones (excluding diaryl/α,β-unsaturated/α-hetero) is 1. The van der Waals surface area contributed by atoms with E-state index in [4.69, 9.17) is 21.1 Å². The van der Waals surface area contributed by atoms with Crippen molar-refractivity contribution in [3.05, 3.63) is 99.6 Å². The maximum atomic E-state index is 13.6. The van der Waals surface area contributed by atoms with Crippen LogP contribution in [0.4, 0.5) is 5.13 Å². The molecular weight excluding hydrogens is 606 g/mol. The van der Waals surface area contributed by atoms with Gasteiger partial charge in [-0.15, -0.1) is 10.2 Å². The number of amides is 1. The van der Waals surface area contributed by atoms with E-state index in [2.05, 4.69) is 31.0 Å². The molecule has 0 radical (unpaired) electrons. The number of hydrogen-bond acceptors (Lipinski definition) is 9. The minimum absolute atomic E-state index is 0.0364. The van der Waals surface area contributed by atoms with Gasteiger partial charge in [-0.05, 0) is 46.4 Å². The Bertz CT molecular complexity index is 1750. The predicted octanol–water partition coefficient (Wildman–Crippen LogP) is 7.18. The molecule has 11 heteroatoms. The number of anilines is 1. The summed E-state index contributed by atoms with van der Waals surface area (Å²) < 4.78 is 11.9. The highest BCUT2D eigenvalue weighted by molar-refractivity contribution is 8.00. The van der Waals surface area contributed by atoms with Crippen LogP contribution in [0, 0.1) is 0 Å². The fraction of sp³-hybridized carbons (Fsp3) is 0.250. The zero-order chi connectivity index (χ0) is 30.3. The maximum Gasteiger partial charge on any atom is 0.301 e. The van der Waals surface area contributed by atoms with Crippen LogP contribution in [0.15, 0.2) is 76.6 Å². The van der Waals surface area contributed by atoms with Crippen LogP contribution in [-0.2, 0) is 20.8 Å². The zero-order valence-corrected chi connectivity index (χ0v) is 26.1. The van der Waals surface area contributed by atoms with Crippen molar-refractivity contribution >= 4 is 57.3 Å². The Hall–Kier alpha value is -3.86. The van der Waals surface area contributed by atoms with E-state index in [1.165, 1.54) is 28.0 Å². The number of aliphatic hydroxyl groups excluding tert-OH is 1. The molecule has 1 unspecified atom stereocenters. The molecule has 0 aliphatic carbocycles. The van der Waals surface area contributed by atoms with Gasteiger partial charge in [0.15, 0.2) is 15.8 Å². The number of fused-ring (bicyclic) bond motifs is 1. The second-order valence-corrected chi connectivity index (χ2v) is 13.7.